The van der Waals surface area contributed by atoms with Gasteiger partial charge in [0.15, 0.2) is 0 Å². The van der Waals surface area contributed by atoms with E-state index in [-0.39, 0.29) is 0 Å². The van der Waals surface area contributed by atoms with Crippen LogP contribution in [0.3, 0.4) is 0 Å². The average Bonchev–Trinajstić information content (AvgIpc) is 1.84. The molecule has 0 fully saturated rings. The lowest BCUT2D eigenvalue weighted by molar-refractivity contribution is -0.815. The van der Waals surface area contributed by atoms with Crippen molar-refractivity contribution < 1.29 is 14.8 Å². The van der Waals surface area contributed by atoms with Crippen LogP contribution in [-0.2, 0) is 0 Å². The van der Waals surface area contributed by atoms with Gasteiger partial charge in [0, 0.05) is 4.92 Å². The highest BCUT2D eigenvalue weighted by Crippen LogP contribution is 2.09. The van der Waals surface area contributed by atoms with Gasteiger partial charge in [-0.15, -0.1) is 0 Å². The number of rotatable bonds is 4. The predicted molar refractivity (Wildman–Crippen MR) is 34.3 cm³/mol. The van der Waals surface area contributed by atoms with Crippen LogP contribution in [0.25, 0.3) is 0 Å². The molecule has 0 radical (unpaired) electrons. The Hall–Kier alpha value is -1.80. The molecule has 0 amide bonds. The molecule has 0 saturated heterocycles. The summed E-state index contributed by atoms with van der Waals surface area (Å²) >= 11 is 0. The maximum Gasteiger partial charge on any atom is 0.517 e. The van der Waals surface area contributed by atoms with E-state index in [1.165, 1.54) is 0 Å². The summed E-state index contributed by atoms with van der Waals surface area (Å²) in [5.41, 5.74) is -2.73. The van der Waals surface area contributed by atoms with Crippen molar-refractivity contribution in [1.82, 2.24) is 0 Å². The molecule has 0 aliphatic carbocycles. The van der Waals surface area contributed by atoms with Crippen molar-refractivity contribution in [3.63, 3.8) is 0 Å². The highest BCUT2D eigenvalue weighted by molar-refractivity contribution is 4.56. The number of nitro groups is 3. The van der Waals surface area contributed by atoms with E-state index in [0.717, 1.165) is 0 Å². The Labute approximate surface area is 65.4 Å². The standard InChI is InChI=1S/C3H5N3O6/c1-3(5(9)10,6(11)12)2-4(7)8/h2H2,1H3. The summed E-state index contributed by atoms with van der Waals surface area (Å²) in [4.78, 5) is 26.3. The molecule has 0 N–H and O–H groups in total. The lowest BCUT2D eigenvalue weighted by Gasteiger charge is -2.06. The zero-order valence-corrected chi connectivity index (χ0v) is 6.00. The van der Waals surface area contributed by atoms with Gasteiger partial charge in [-0.05, 0) is 0 Å². The van der Waals surface area contributed by atoms with Crippen molar-refractivity contribution in [2.45, 2.75) is 12.6 Å². The molecule has 0 aliphatic heterocycles. The maximum atomic E-state index is 10.1. The second kappa shape index (κ2) is 3.07. The van der Waals surface area contributed by atoms with Crippen molar-refractivity contribution in [2.75, 3.05) is 6.54 Å². The topological polar surface area (TPSA) is 129 Å². The summed E-state index contributed by atoms with van der Waals surface area (Å²) in [5.74, 6) is 0. The second-order valence-corrected chi connectivity index (χ2v) is 2.22. The SMILES string of the molecule is CC(C[N+](=O)[O-])([N+](=O)[O-])[N+](=O)[O-]. The van der Waals surface area contributed by atoms with E-state index in [0.29, 0.717) is 6.92 Å². The normalized spacial score (nSPS) is 10.8. The third-order valence-corrected chi connectivity index (χ3v) is 1.22. The van der Waals surface area contributed by atoms with Crippen LogP contribution >= 0.6 is 0 Å². The molecular formula is C3H5N3O6. The Morgan fingerprint density at radius 1 is 1.08 bits per heavy atom. The minimum atomic E-state index is -2.73. The molecule has 0 heterocycles. The molecule has 0 aliphatic rings. The van der Waals surface area contributed by atoms with E-state index in [1.807, 2.05) is 0 Å². The fourth-order valence-corrected chi connectivity index (χ4v) is 0.427. The van der Waals surface area contributed by atoms with Crippen LogP contribution in [0.5, 0.6) is 0 Å². The van der Waals surface area contributed by atoms with Gasteiger partial charge in [-0.2, -0.15) is 0 Å². The minimum Gasteiger partial charge on any atom is -0.264 e. The number of hydrogen-bond acceptors (Lipinski definition) is 6. The van der Waals surface area contributed by atoms with Crippen LogP contribution in [0.4, 0.5) is 0 Å². The zero-order valence-electron chi connectivity index (χ0n) is 6.00. The van der Waals surface area contributed by atoms with Crippen LogP contribution in [0.2, 0.25) is 0 Å². The van der Waals surface area contributed by atoms with Gasteiger partial charge < -0.3 is 0 Å². The summed E-state index contributed by atoms with van der Waals surface area (Å²) in [7, 11) is 0. The summed E-state index contributed by atoms with van der Waals surface area (Å²) in [6, 6.07) is 0. The first kappa shape index (κ1) is 10.2. The summed E-state index contributed by atoms with van der Waals surface area (Å²) in [6.45, 7) is -0.733. The van der Waals surface area contributed by atoms with Gasteiger partial charge in [-0.3, -0.25) is 30.3 Å². The maximum absolute atomic E-state index is 10.1. The van der Waals surface area contributed by atoms with E-state index in [4.69, 9.17) is 0 Å². The Balaban J connectivity index is 4.75. The van der Waals surface area contributed by atoms with Gasteiger partial charge in [-0.25, -0.2) is 0 Å². The van der Waals surface area contributed by atoms with E-state index >= 15 is 0 Å². The van der Waals surface area contributed by atoms with Crippen LogP contribution in [0.15, 0.2) is 0 Å². The smallest absolute Gasteiger partial charge is 0.264 e. The summed E-state index contributed by atoms with van der Waals surface area (Å²) in [5, 5.41) is 29.9. The van der Waals surface area contributed by atoms with Crippen LogP contribution < -0.4 is 0 Å². The molecule has 0 atom stereocenters. The van der Waals surface area contributed by atoms with Gasteiger partial charge in [0.2, 0.25) is 0 Å². The van der Waals surface area contributed by atoms with Gasteiger partial charge in [0.1, 0.15) is 9.85 Å². The molecule has 0 aromatic rings. The van der Waals surface area contributed by atoms with E-state index < -0.39 is 27.0 Å². The Kier molecular flexibility index (Phi) is 2.61. The first-order valence-corrected chi connectivity index (χ1v) is 2.71. The molecule has 0 saturated carbocycles. The molecule has 12 heavy (non-hydrogen) atoms. The largest absolute Gasteiger partial charge is 0.517 e. The first-order chi connectivity index (χ1) is 5.30. The molecule has 0 aromatic heterocycles. The monoisotopic (exact) mass is 179 g/mol. The highest BCUT2D eigenvalue weighted by atomic mass is 16.7. The van der Waals surface area contributed by atoms with Crippen molar-refractivity contribution in [3.05, 3.63) is 30.3 Å². The quantitative estimate of drug-likeness (QED) is 0.325. The van der Waals surface area contributed by atoms with Gasteiger partial charge in [-0.1, -0.05) is 0 Å². The highest BCUT2D eigenvalue weighted by Gasteiger charge is 2.56. The van der Waals surface area contributed by atoms with Gasteiger partial charge >= 0.3 is 12.2 Å². The molecule has 0 rings (SSSR count). The molecule has 0 spiro atoms. The number of hydrogen-bond donors (Lipinski definition) is 0. The third kappa shape index (κ3) is 1.84. The van der Waals surface area contributed by atoms with Crippen LogP contribution in [-0.4, -0.2) is 27.0 Å². The zero-order chi connectivity index (χ0) is 9.94. The minimum absolute atomic E-state index is 0.593. The molecule has 0 aromatic carbocycles. The predicted octanol–water partition coefficient (Wildman–Crippen LogP) is -0.467. The summed E-state index contributed by atoms with van der Waals surface area (Å²) < 4.78 is 0. The Bertz CT molecular complexity index is 222. The number of nitrogens with zero attached hydrogens (tertiary/aromatic N) is 3. The van der Waals surface area contributed by atoms with Crippen molar-refractivity contribution >= 4 is 0 Å². The molecule has 9 nitrogen and oxygen atoms in total. The fraction of sp³-hybridized carbons (Fsp3) is 1.00. The lowest BCUT2D eigenvalue weighted by atomic mass is 10.2. The fourth-order valence-electron chi connectivity index (χ4n) is 0.427. The Morgan fingerprint density at radius 3 is 1.50 bits per heavy atom. The van der Waals surface area contributed by atoms with Gasteiger partial charge in [0.25, 0.3) is 0 Å². The second-order valence-electron chi connectivity index (χ2n) is 2.22. The lowest BCUT2D eigenvalue weighted by Crippen LogP contribution is -2.48. The third-order valence-electron chi connectivity index (χ3n) is 1.22. The first-order valence-electron chi connectivity index (χ1n) is 2.71. The molecule has 0 unspecified atom stereocenters. The van der Waals surface area contributed by atoms with E-state index in [2.05, 4.69) is 0 Å². The van der Waals surface area contributed by atoms with Crippen LogP contribution in [0, 0.1) is 30.3 Å². The van der Waals surface area contributed by atoms with Crippen molar-refractivity contribution in [1.29, 1.82) is 0 Å². The van der Waals surface area contributed by atoms with E-state index in [9.17, 15) is 30.3 Å². The summed E-state index contributed by atoms with van der Waals surface area (Å²) in [6.07, 6.45) is 0. The molecule has 0 bridgehead atoms. The van der Waals surface area contributed by atoms with Gasteiger partial charge in [0.05, 0.1) is 6.92 Å². The van der Waals surface area contributed by atoms with Crippen molar-refractivity contribution in [3.8, 4) is 0 Å². The molecule has 68 valence electrons. The average molecular weight is 179 g/mol. The van der Waals surface area contributed by atoms with E-state index in [1.54, 1.807) is 0 Å². The molecule has 9 heteroatoms. The molecular weight excluding hydrogens is 174 g/mol. The van der Waals surface area contributed by atoms with Crippen molar-refractivity contribution in [2.24, 2.45) is 0 Å². The Morgan fingerprint density at radius 2 is 1.42 bits per heavy atom. The van der Waals surface area contributed by atoms with Crippen LogP contribution in [0.1, 0.15) is 6.92 Å².